The van der Waals surface area contributed by atoms with Gasteiger partial charge in [0.05, 0.1) is 10.6 Å². The maximum Gasteiger partial charge on any atom is 0.178 e. The molecule has 0 spiro atoms. The van der Waals surface area contributed by atoms with Crippen molar-refractivity contribution < 1.29 is 18.6 Å². The van der Waals surface area contributed by atoms with Crippen LogP contribution in [-0.2, 0) is 16.3 Å². The van der Waals surface area contributed by atoms with E-state index >= 15 is 0 Å². The molecule has 0 heterocycles. The molecule has 2 rings (SSSR count). The lowest BCUT2D eigenvalue weighted by Gasteiger charge is -2.06. The van der Waals surface area contributed by atoms with E-state index in [1.165, 1.54) is 18.2 Å². The molecule has 0 fully saturated rings. The lowest BCUT2D eigenvalue weighted by molar-refractivity contribution is 0.453. The van der Waals surface area contributed by atoms with Gasteiger partial charge in [-0.25, -0.2) is 8.42 Å². The Morgan fingerprint density at radius 1 is 0.950 bits per heavy atom. The number of hydrogen-bond donors (Lipinski definition) is 2. The van der Waals surface area contributed by atoms with Crippen LogP contribution in [0, 0.1) is 0 Å². The van der Waals surface area contributed by atoms with E-state index in [2.05, 4.69) is 0 Å². The van der Waals surface area contributed by atoms with Crippen LogP contribution in [0.3, 0.4) is 0 Å². The number of phenolic OH excluding ortho intramolecular Hbond substituents is 2. The van der Waals surface area contributed by atoms with Gasteiger partial charge in [-0.3, -0.25) is 0 Å². The number of hydrogen-bond acceptors (Lipinski definition) is 4. The number of benzene rings is 2. The molecule has 0 saturated carbocycles. The number of sulfone groups is 1. The fraction of sp³-hybridized carbons (Fsp3) is 0.200. The molecule has 0 atom stereocenters. The largest absolute Gasteiger partial charge is 0.508 e. The van der Waals surface area contributed by atoms with Gasteiger partial charge in [-0.15, -0.1) is 0 Å². The minimum atomic E-state index is -3.30. The van der Waals surface area contributed by atoms with Crippen LogP contribution in [0.4, 0.5) is 0 Å². The molecule has 4 nitrogen and oxygen atoms in total. The summed E-state index contributed by atoms with van der Waals surface area (Å²) in [5, 5.41) is 19.0. The highest BCUT2D eigenvalue weighted by atomic mass is 32.2. The van der Waals surface area contributed by atoms with Crippen LogP contribution < -0.4 is 0 Å². The first kappa shape index (κ1) is 14.4. The molecular weight excluding hydrogens is 276 g/mol. The van der Waals surface area contributed by atoms with E-state index < -0.39 is 9.84 Å². The van der Waals surface area contributed by atoms with Crippen molar-refractivity contribution in [3.05, 3.63) is 54.1 Å². The third kappa shape index (κ3) is 3.51. The number of phenols is 2. The Morgan fingerprint density at radius 2 is 1.65 bits per heavy atom. The molecule has 5 heteroatoms. The van der Waals surface area contributed by atoms with Crippen LogP contribution in [0.15, 0.2) is 53.4 Å². The van der Waals surface area contributed by atoms with Crippen molar-refractivity contribution in [3.63, 3.8) is 0 Å². The zero-order valence-corrected chi connectivity index (χ0v) is 11.7. The quantitative estimate of drug-likeness (QED) is 0.830. The Hall–Kier alpha value is -2.01. The lowest BCUT2D eigenvalue weighted by atomic mass is 10.1. The molecule has 20 heavy (non-hydrogen) atoms. The van der Waals surface area contributed by atoms with Gasteiger partial charge in [0.15, 0.2) is 9.84 Å². The predicted octanol–water partition coefficient (Wildman–Crippen LogP) is 2.50. The number of aryl methyl sites for hydroxylation is 1. The van der Waals surface area contributed by atoms with Gasteiger partial charge in [0.1, 0.15) is 11.5 Å². The van der Waals surface area contributed by atoms with Gasteiger partial charge in [-0.05, 0) is 48.7 Å². The van der Waals surface area contributed by atoms with Crippen molar-refractivity contribution in [3.8, 4) is 11.5 Å². The molecule has 0 saturated heterocycles. The summed E-state index contributed by atoms with van der Waals surface area (Å²) in [6, 6.07) is 12.5. The monoisotopic (exact) mass is 292 g/mol. The Bertz CT molecular complexity index is 678. The van der Waals surface area contributed by atoms with E-state index in [9.17, 15) is 18.6 Å². The highest BCUT2D eigenvalue weighted by Gasteiger charge is 2.14. The number of rotatable bonds is 5. The molecule has 0 amide bonds. The zero-order chi connectivity index (χ0) is 14.6. The highest BCUT2D eigenvalue weighted by Crippen LogP contribution is 2.23. The third-order valence-electron chi connectivity index (χ3n) is 3.02. The minimum Gasteiger partial charge on any atom is -0.508 e. The van der Waals surface area contributed by atoms with E-state index in [0.717, 1.165) is 0 Å². The van der Waals surface area contributed by atoms with E-state index in [4.69, 9.17) is 0 Å². The second-order valence-corrected chi connectivity index (χ2v) is 6.66. The molecule has 0 radical (unpaired) electrons. The topological polar surface area (TPSA) is 74.6 Å². The van der Waals surface area contributed by atoms with Crippen LogP contribution in [0.25, 0.3) is 0 Å². The van der Waals surface area contributed by atoms with E-state index in [-0.39, 0.29) is 17.3 Å². The molecule has 2 aromatic rings. The average molecular weight is 292 g/mol. The second kappa shape index (κ2) is 5.96. The van der Waals surface area contributed by atoms with Crippen molar-refractivity contribution in [2.75, 3.05) is 5.75 Å². The molecule has 0 aliphatic carbocycles. The first-order valence-corrected chi connectivity index (χ1v) is 7.93. The van der Waals surface area contributed by atoms with Gasteiger partial charge in [-0.1, -0.05) is 18.2 Å². The lowest BCUT2D eigenvalue weighted by Crippen LogP contribution is -2.07. The van der Waals surface area contributed by atoms with Crippen molar-refractivity contribution in [2.45, 2.75) is 17.7 Å². The Kier molecular flexibility index (Phi) is 4.29. The number of aromatic hydroxyl groups is 2. The summed E-state index contributed by atoms with van der Waals surface area (Å²) in [5.74, 6) is 0.134. The van der Waals surface area contributed by atoms with Crippen LogP contribution in [0.5, 0.6) is 11.5 Å². The summed E-state index contributed by atoms with van der Waals surface area (Å²) < 4.78 is 24.1. The van der Waals surface area contributed by atoms with Gasteiger partial charge in [-0.2, -0.15) is 0 Å². The Labute approximate surface area is 118 Å². The summed E-state index contributed by atoms with van der Waals surface area (Å²) in [6.45, 7) is 0. The molecule has 0 aliphatic heterocycles. The van der Waals surface area contributed by atoms with Crippen molar-refractivity contribution >= 4 is 9.84 Å². The predicted molar refractivity (Wildman–Crippen MR) is 76.6 cm³/mol. The molecule has 106 valence electrons. The minimum absolute atomic E-state index is 0.00606. The summed E-state index contributed by atoms with van der Waals surface area (Å²) in [7, 11) is -3.30. The summed E-state index contributed by atoms with van der Waals surface area (Å²) in [6.07, 6.45) is 0.778. The maximum absolute atomic E-state index is 12.1. The van der Waals surface area contributed by atoms with E-state index in [1.54, 1.807) is 30.3 Å². The second-order valence-electron chi connectivity index (χ2n) is 4.55. The van der Waals surface area contributed by atoms with Crippen molar-refractivity contribution in [1.82, 2.24) is 0 Å². The van der Waals surface area contributed by atoms with Crippen LogP contribution in [-0.4, -0.2) is 24.4 Å². The van der Waals surface area contributed by atoms with Gasteiger partial charge in [0.2, 0.25) is 0 Å². The highest BCUT2D eigenvalue weighted by molar-refractivity contribution is 7.91. The van der Waals surface area contributed by atoms with Gasteiger partial charge in [0, 0.05) is 0 Å². The van der Waals surface area contributed by atoms with Gasteiger partial charge in [0.25, 0.3) is 0 Å². The van der Waals surface area contributed by atoms with Crippen LogP contribution in [0.1, 0.15) is 12.0 Å². The standard InChI is InChI=1S/C15H16O4S/c16-13-8-9-15(17)12(11-13)5-4-10-20(18,19)14-6-2-1-3-7-14/h1-3,6-9,11,16-17H,4-5,10H2. The SMILES string of the molecule is O=S(=O)(CCCc1cc(O)ccc1O)c1ccccc1. The summed E-state index contributed by atoms with van der Waals surface area (Å²) in [4.78, 5) is 0.306. The molecule has 2 aromatic carbocycles. The Morgan fingerprint density at radius 3 is 2.35 bits per heavy atom. The van der Waals surface area contributed by atoms with Gasteiger partial charge >= 0.3 is 0 Å². The van der Waals surface area contributed by atoms with Gasteiger partial charge < -0.3 is 10.2 Å². The third-order valence-corrected chi connectivity index (χ3v) is 4.84. The fourth-order valence-corrected chi connectivity index (χ4v) is 3.30. The van der Waals surface area contributed by atoms with Crippen LogP contribution >= 0.6 is 0 Å². The molecule has 0 aliphatic rings. The zero-order valence-electron chi connectivity index (χ0n) is 10.9. The van der Waals surface area contributed by atoms with E-state index in [1.807, 2.05) is 0 Å². The molecule has 2 N–H and O–H groups in total. The fourth-order valence-electron chi connectivity index (χ4n) is 1.97. The van der Waals surface area contributed by atoms with Crippen LogP contribution in [0.2, 0.25) is 0 Å². The summed E-state index contributed by atoms with van der Waals surface area (Å²) >= 11 is 0. The molecule has 0 unspecified atom stereocenters. The smallest absolute Gasteiger partial charge is 0.178 e. The molecular formula is C15H16O4S. The van der Waals surface area contributed by atoms with E-state index in [0.29, 0.717) is 23.3 Å². The maximum atomic E-state index is 12.1. The average Bonchev–Trinajstić information content (AvgIpc) is 2.43. The first-order chi connectivity index (χ1) is 9.49. The normalized spacial score (nSPS) is 11.4. The molecule has 0 aromatic heterocycles. The first-order valence-electron chi connectivity index (χ1n) is 6.28. The Balaban J connectivity index is 2.01. The van der Waals surface area contributed by atoms with Crippen molar-refractivity contribution in [2.24, 2.45) is 0 Å². The molecule has 0 bridgehead atoms. The summed E-state index contributed by atoms with van der Waals surface area (Å²) in [5.41, 5.74) is 0.549. The van der Waals surface area contributed by atoms with Crippen molar-refractivity contribution in [1.29, 1.82) is 0 Å².